The van der Waals surface area contributed by atoms with Crippen LogP contribution in [0.2, 0.25) is 0 Å². The summed E-state index contributed by atoms with van der Waals surface area (Å²) in [4.78, 5) is 2.41. The van der Waals surface area contributed by atoms with E-state index < -0.39 is 15.6 Å². The number of hydrogen-bond acceptors (Lipinski definition) is 9. The standard InChI is InChI=1S/C42H49NO8P2/c1-3-28-43(29-4-2)30-27-36-25-26-41(50-52(44,46-32-37-17-9-5-10-18-37)47-33-38-19-11-6-12-20-38)42(31-36)51-53(45,48-34-39-21-13-7-14-22-39)49-35-40-23-15-8-16-24-40/h5-26,31H,3-4,27-30,32-35H2,1-2H3. The zero-order valence-corrected chi connectivity index (χ0v) is 32.2. The molecule has 0 aliphatic carbocycles. The second-order valence-electron chi connectivity index (χ2n) is 12.5. The van der Waals surface area contributed by atoms with Crippen molar-refractivity contribution >= 4 is 15.6 Å². The van der Waals surface area contributed by atoms with Crippen LogP contribution in [0.15, 0.2) is 140 Å². The number of phosphoric ester groups is 2. The molecule has 5 aromatic carbocycles. The Morgan fingerprint density at radius 1 is 0.434 bits per heavy atom. The zero-order valence-electron chi connectivity index (χ0n) is 30.5. The average Bonchev–Trinajstić information content (AvgIpc) is 3.20. The van der Waals surface area contributed by atoms with Gasteiger partial charge in [0.25, 0.3) is 0 Å². The van der Waals surface area contributed by atoms with Crippen LogP contribution in [0.25, 0.3) is 0 Å². The van der Waals surface area contributed by atoms with Crippen LogP contribution in [0.1, 0.15) is 54.5 Å². The number of nitrogens with zero attached hydrogens (tertiary/aromatic N) is 1. The first kappa shape index (κ1) is 40.2. The van der Waals surface area contributed by atoms with Crippen LogP contribution in [0.5, 0.6) is 11.5 Å². The summed E-state index contributed by atoms with van der Waals surface area (Å²) >= 11 is 0. The van der Waals surface area contributed by atoms with Crippen LogP contribution >= 0.6 is 15.6 Å². The monoisotopic (exact) mass is 757 g/mol. The lowest BCUT2D eigenvalue weighted by Crippen LogP contribution is -2.27. The molecule has 0 aliphatic heterocycles. The maximum absolute atomic E-state index is 14.6. The van der Waals surface area contributed by atoms with Gasteiger partial charge in [-0.25, -0.2) is 9.13 Å². The minimum absolute atomic E-state index is 0.00373. The molecule has 0 saturated heterocycles. The topological polar surface area (TPSA) is 92.8 Å². The summed E-state index contributed by atoms with van der Waals surface area (Å²) in [6.45, 7) is 6.96. The molecule has 5 rings (SSSR count). The van der Waals surface area contributed by atoms with Crippen LogP contribution in [0.3, 0.4) is 0 Å². The molecule has 53 heavy (non-hydrogen) atoms. The van der Waals surface area contributed by atoms with Crippen LogP contribution < -0.4 is 9.05 Å². The maximum atomic E-state index is 14.6. The van der Waals surface area contributed by atoms with E-state index in [-0.39, 0.29) is 37.9 Å². The molecule has 0 heterocycles. The second kappa shape index (κ2) is 21.0. The van der Waals surface area contributed by atoms with Gasteiger partial charge in [-0.15, -0.1) is 0 Å². The SMILES string of the molecule is CCCN(CCC)CCc1ccc(OP(=O)(OCc2ccccc2)OCc2ccccc2)c(OP(=O)(OCc2ccccc2)OCc2ccccc2)c1. The largest absolute Gasteiger partial charge is 0.530 e. The van der Waals surface area contributed by atoms with Gasteiger partial charge >= 0.3 is 15.6 Å². The summed E-state index contributed by atoms with van der Waals surface area (Å²) < 4.78 is 65.1. The molecule has 0 unspecified atom stereocenters. The normalized spacial score (nSPS) is 11.8. The predicted octanol–water partition coefficient (Wildman–Crippen LogP) is 11.2. The lowest BCUT2D eigenvalue weighted by atomic mass is 10.1. The number of phosphoric acid groups is 2. The third-order valence-corrected chi connectivity index (χ3v) is 10.8. The molecule has 0 amide bonds. The van der Waals surface area contributed by atoms with Crippen molar-refractivity contribution in [2.24, 2.45) is 0 Å². The molecule has 5 aromatic rings. The van der Waals surface area contributed by atoms with E-state index in [1.807, 2.05) is 127 Å². The molecule has 0 saturated carbocycles. The summed E-state index contributed by atoms with van der Waals surface area (Å²) in [5.74, 6) is 0.0281. The Morgan fingerprint density at radius 2 is 0.792 bits per heavy atom. The summed E-state index contributed by atoms with van der Waals surface area (Å²) in [6.07, 6.45) is 2.77. The lowest BCUT2D eigenvalue weighted by Gasteiger charge is -2.24. The molecule has 0 fully saturated rings. The Bertz CT molecular complexity index is 1780. The van der Waals surface area contributed by atoms with Crippen molar-refractivity contribution in [2.75, 3.05) is 19.6 Å². The minimum atomic E-state index is -4.33. The molecule has 280 valence electrons. The number of benzene rings is 5. The first-order valence-electron chi connectivity index (χ1n) is 18.0. The summed E-state index contributed by atoms with van der Waals surface area (Å²) in [7, 11) is -8.65. The van der Waals surface area contributed by atoms with Gasteiger partial charge in [0, 0.05) is 6.54 Å². The smallest absolute Gasteiger partial charge is 0.400 e. The Labute approximate surface area is 314 Å². The highest BCUT2D eigenvalue weighted by molar-refractivity contribution is 7.49. The average molecular weight is 758 g/mol. The highest BCUT2D eigenvalue weighted by Gasteiger charge is 2.35. The first-order chi connectivity index (χ1) is 25.9. The predicted molar refractivity (Wildman–Crippen MR) is 209 cm³/mol. The molecule has 0 spiro atoms. The van der Waals surface area contributed by atoms with Gasteiger partial charge in [-0.3, -0.25) is 18.1 Å². The van der Waals surface area contributed by atoms with E-state index in [9.17, 15) is 9.13 Å². The van der Waals surface area contributed by atoms with E-state index in [2.05, 4.69) is 18.7 Å². The molecule has 9 nitrogen and oxygen atoms in total. The maximum Gasteiger partial charge on any atom is 0.530 e. The Kier molecular flexibility index (Phi) is 15.9. The van der Waals surface area contributed by atoms with Gasteiger partial charge in [0.05, 0.1) is 26.4 Å². The van der Waals surface area contributed by atoms with Crippen LogP contribution in [0, 0.1) is 0 Å². The second-order valence-corrected chi connectivity index (χ2v) is 15.7. The summed E-state index contributed by atoms with van der Waals surface area (Å²) in [6, 6.07) is 42.6. The highest BCUT2D eigenvalue weighted by atomic mass is 31.2. The third kappa shape index (κ3) is 13.7. The Balaban J connectivity index is 1.47. The molecule has 0 radical (unpaired) electrons. The van der Waals surface area contributed by atoms with Gasteiger partial charge in [-0.1, -0.05) is 141 Å². The van der Waals surface area contributed by atoms with Crippen molar-refractivity contribution in [2.45, 2.75) is 59.5 Å². The molecule has 0 aromatic heterocycles. The molecule has 0 atom stereocenters. The molecule has 0 N–H and O–H groups in total. The van der Waals surface area contributed by atoms with Crippen LogP contribution in [-0.2, 0) is 60.1 Å². The fourth-order valence-electron chi connectivity index (χ4n) is 5.44. The Hall–Kier alpha value is -4.04. The molecular weight excluding hydrogens is 708 g/mol. The van der Waals surface area contributed by atoms with Gasteiger partial charge in [-0.2, -0.15) is 0 Å². The zero-order chi connectivity index (χ0) is 37.2. The molecule has 0 bridgehead atoms. The van der Waals surface area contributed by atoms with Gasteiger partial charge in [-0.05, 0) is 72.3 Å². The van der Waals surface area contributed by atoms with Gasteiger partial charge in [0.15, 0.2) is 11.5 Å². The number of rotatable bonds is 23. The third-order valence-electron chi connectivity index (χ3n) is 8.15. The van der Waals surface area contributed by atoms with Crippen molar-refractivity contribution in [1.82, 2.24) is 4.90 Å². The summed E-state index contributed by atoms with van der Waals surface area (Å²) in [5, 5.41) is 0. The van der Waals surface area contributed by atoms with E-state index in [1.54, 1.807) is 12.1 Å². The van der Waals surface area contributed by atoms with Crippen molar-refractivity contribution in [3.8, 4) is 11.5 Å². The van der Waals surface area contributed by atoms with Gasteiger partial charge in [0.2, 0.25) is 0 Å². The van der Waals surface area contributed by atoms with Crippen molar-refractivity contribution in [3.63, 3.8) is 0 Å². The quantitative estimate of drug-likeness (QED) is 0.0604. The van der Waals surface area contributed by atoms with E-state index in [0.29, 0.717) is 6.42 Å². The first-order valence-corrected chi connectivity index (χ1v) is 21.0. The van der Waals surface area contributed by atoms with Crippen LogP contribution in [-0.4, -0.2) is 24.5 Å². The van der Waals surface area contributed by atoms with E-state index in [0.717, 1.165) is 60.3 Å². The van der Waals surface area contributed by atoms with E-state index in [4.69, 9.17) is 27.1 Å². The molecule has 11 heteroatoms. The van der Waals surface area contributed by atoms with Crippen molar-refractivity contribution < 1.29 is 36.3 Å². The highest BCUT2D eigenvalue weighted by Crippen LogP contribution is 2.57. The molecular formula is C42H49NO8P2. The fraction of sp³-hybridized carbons (Fsp3) is 0.286. The molecule has 0 aliphatic rings. The fourth-order valence-corrected chi connectivity index (χ4v) is 7.81. The van der Waals surface area contributed by atoms with E-state index >= 15 is 0 Å². The van der Waals surface area contributed by atoms with E-state index in [1.165, 1.54) is 0 Å². The van der Waals surface area contributed by atoms with Crippen molar-refractivity contribution in [3.05, 3.63) is 167 Å². The summed E-state index contributed by atoms with van der Waals surface area (Å²) in [5.41, 5.74) is 4.02. The number of hydrogen-bond donors (Lipinski definition) is 0. The minimum Gasteiger partial charge on any atom is -0.400 e. The van der Waals surface area contributed by atoms with Crippen LogP contribution in [0.4, 0.5) is 0 Å². The van der Waals surface area contributed by atoms with Gasteiger partial charge in [0.1, 0.15) is 0 Å². The van der Waals surface area contributed by atoms with Gasteiger partial charge < -0.3 is 13.9 Å². The Morgan fingerprint density at radius 3 is 1.15 bits per heavy atom. The van der Waals surface area contributed by atoms with Crippen molar-refractivity contribution in [1.29, 1.82) is 0 Å². The lowest BCUT2D eigenvalue weighted by molar-refractivity contribution is 0.134.